The fraction of sp³-hybridized carbons (Fsp3) is 0.211. The maximum atomic E-state index is 12.1. The summed E-state index contributed by atoms with van der Waals surface area (Å²) >= 11 is 0. The minimum Gasteiger partial charge on any atom is -0.454 e. The lowest BCUT2D eigenvalue weighted by Crippen LogP contribution is -2.05. The summed E-state index contributed by atoms with van der Waals surface area (Å²) in [6, 6.07) is 12.7. The van der Waals surface area contributed by atoms with Crippen LogP contribution in [0.1, 0.15) is 28.7 Å². The lowest BCUT2D eigenvalue weighted by Gasteiger charge is -2.02. The van der Waals surface area contributed by atoms with E-state index in [9.17, 15) is 4.79 Å². The SMILES string of the molecule is CCc1ccc(C(=O)OCc2nc(-c3ccc4c(c3)OCO4)no2)cc1. The van der Waals surface area contributed by atoms with Gasteiger partial charge in [0.1, 0.15) is 0 Å². The third-order valence-electron chi connectivity index (χ3n) is 4.02. The smallest absolute Gasteiger partial charge is 0.338 e. The number of carbonyl (C=O) groups excluding carboxylic acids is 1. The van der Waals surface area contributed by atoms with Gasteiger partial charge in [-0.25, -0.2) is 4.79 Å². The van der Waals surface area contributed by atoms with Crippen molar-refractivity contribution < 1.29 is 23.5 Å². The Labute approximate surface area is 149 Å². The number of aromatic nitrogens is 2. The summed E-state index contributed by atoms with van der Waals surface area (Å²) in [6.07, 6.45) is 0.917. The van der Waals surface area contributed by atoms with Gasteiger partial charge in [0.2, 0.25) is 12.6 Å². The standard InChI is InChI=1S/C19H16N2O5/c1-2-12-3-5-13(6-4-12)19(22)23-10-17-20-18(21-26-17)14-7-8-15-16(9-14)25-11-24-15/h3-9H,2,10-11H2,1H3. The molecule has 0 saturated carbocycles. The highest BCUT2D eigenvalue weighted by molar-refractivity contribution is 5.89. The molecular weight excluding hydrogens is 336 g/mol. The average molecular weight is 352 g/mol. The van der Waals surface area contributed by atoms with Gasteiger partial charge < -0.3 is 18.7 Å². The number of esters is 1. The van der Waals surface area contributed by atoms with Crippen LogP contribution in [0.25, 0.3) is 11.4 Å². The van der Waals surface area contributed by atoms with Crippen molar-refractivity contribution in [3.8, 4) is 22.9 Å². The minimum atomic E-state index is -0.435. The van der Waals surface area contributed by atoms with Crippen LogP contribution in [0.3, 0.4) is 0 Å². The van der Waals surface area contributed by atoms with Gasteiger partial charge in [-0.2, -0.15) is 4.98 Å². The number of fused-ring (bicyclic) bond motifs is 1. The number of hydrogen-bond donors (Lipinski definition) is 0. The second kappa shape index (κ2) is 6.87. The van der Waals surface area contributed by atoms with E-state index in [1.165, 1.54) is 0 Å². The van der Waals surface area contributed by atoms with E-state index in [0.717, 1.165) is 17.5 Å². The zero-order chi connectivity index (χ0) is 17.9. The topological polar surface area (TPSA) is 83.7 Å². The fourth-order valence-electron chi connectivity index (χ4n) is 2.55. The van der Waals surface area contributed by atoms with Crippen LogP contribution < -0.4 is 9.47 Å². The molecule has 0 atom stereocenters. The molecule has 0 fully saturated rings. The number of nitrogens with zero attached hydrogens (tertiary/aromatic N) is 2. The molecule has 1 aromatic heterocycles. The maximum absolute atomic E-state index is 12.1. The number of hydrogen-bond acceptors (Lipinski definition) is 7. The van der Waals surface area contributed by atoms with E-state index in [4.69, 9.17) is 18.7 Å². The largest absolute Gasteiger partial charge is 0.454 e. The zero-order valence-corrected chi connectivity index (χ0v) is 14.1. The van der Waals surface area contributed by atoms with Gasteiger partial charge in [-0.05, 0) is 42.3 Å². The van der Waals surface area contributed by atoms with Crippen LogP contribution in [-0.2, 0) is 17.8 Å². The summed E-state index contributed by atoms with van der Waals surface area (Å²) in [7, 11) is 0. The highest BCUT2D eigenvalue weighted by Crippen LogP contribution is 2.35. The number of aryl methyl sites for hydroxylation is 1. The van der Waals surface area contributed by atoms with Gasteiger partial charge in [-0.1, -0.05) is 24.2 Å². The molecule has 0 aliphatic carbocycles. The zero-order valence-electron chi connectivity index (χ0n) is 14.1. The van der Waals surface area contributed by atoms with E-state index in [0.29, 0.717) is 22.9 Å². The lowest BCUT2D eigenvalue weighted by molar-refractivity contribution is 0.0430. The normalized spacial score (nSPS) is 12.2. The van der Waals surface area contributed by atoms with E-state index < -0.39 is 5.97 Å². The Morgan fingerprint density at radius 2 is 1.92 bits per heavy atom. The second-order valence-corrected chi connectivity index (χ2v) is 5.71. The van der Waals surface area contributed by atoms with Gasteiger partial charge in [0.15, 0.2) is 18.1 Å². The number of benzene rings is 2. The molecule has 7 nitrogen and oxygen atoms in total. The van der Waals surface area contributed by atoms with Crippen molar-refractivity contribution in [2.75, 3.05) is 6.79 Å². The van der Waals surface area contributed by atoms with Gasteiger partial charge in [0, 0.05) is 5.56 Å². The molecule has 2 heterocycles. The first kappa shape index (κ1) is 16.1. The Bertz CT molecular complexity index is 933. The first-order valence-electron chi connectivity index (χ1n) is 8.21. The van der Waals surface area contributed by atoms with E-state index in [2.05, 4.69) is 17.1 Å². The van der Waals surface area contributed by atoms with Gasteiger partial charge in [0.05, 0.1) is 5.56 Å². The van der Waals surface area contributed by atoms with Crippen LogP contribution in [0.2, 0.25) is 0 Å². The van der Waals surface area contributed by atoms with Crippen LogP contribution in [0, 0.1) is 0 Å². The maximum Gasteiger partial charge on any atom is 0.338 e. The molecule has 132 valence electrons. The lowest BCUT2D eigenvalue weighted by atomic mass is 10.1. The predicted octanol–water partition coefficient (Wildman–Crippen LogP) is 3.38. The summed E-state index contributed by atoms with van der Waals surface area (Å²) in [5, 5.41) is 3.91. The molecule has 0 N–H and O–H groups in total. The molecule has 1 aliphatic heterocycles. The molecule has 7 heteroatoms. The van der Waals surface area contributed by atoms with Crippen molar-refractivity contribution in [1.29, 1.82) is 0 Å². The van der Waals surface area contributed by atoms with Crippen LogP contribution in [-0.4, -0.2) is 22.9 Å². The highest BCUT2D eigenvalue weighted by Gasteiger charge is 2.17. The quantitative estimate of drug-likeness (QED) is 0.651. The molecule has 1 aliphatic rings. The number of ether oxygens (including phenoxy) is 3. The van der Waals surface area contributed by atoms with Crippen molar-refractivity contribution in [2.24, 2.45) is 0 Å². The summed E-state index contributed by atoms with van der Waals surface area (Å²) in [5.41, 5.74) is 2.37. The summed E-state index contributed by atoms with van der Waals surface area (Å²) in [4.78, 5) is 16.3. The minimum absolute atomic E-state index is 0.0914. The highest BCUT2D eigenvalue weighted by atomic mass is 16.7. The first-order chi connectivity index (χ1) is 12.7. The fourth-order valence-corrected chi connectivity index (χ4v) is 2.55. The molecule has 0 spiro atoms. The van der Waals surface area contributed by atoms with Crippen molar-refractivity contribution in [3.05, 3.63) is 59.5 Å². The van der Waals surface area contributed by atoms with E-state index in [1.54, 1.807) is 24.3 Å². The van der Waals surface area contributed by atoms with Crippen molar-refractivity contribution in [1.82, 2.24) is 10.1 Å². The Balaban J connectivity index is 1.41. The third kappa shape index (κ3) is 3.23. The van der Waals surface area contributed by atoms with Crippen LogP contribution >= 0.6 is 0 Å². The van der Waals surface area contributed by atoms with Crippen LogP contribution in [0.5, 0.6) is 11.5 Å². The average Bonchev–Trinajstić information content (AvgIpc) is 3.34. The Morgan fingerprint density at radius 3 is 2.73 bits per heavy atom. The van der Waals surface area contributed by atoms with Gasteiger partial charge >= 0.3 is 5.97 Å². The Morgan fingerprint density at radius 1 is 1.12 bits per heavy atom. The molecular formula is C19H16N2O5. The molecule has 0 unspecified atom stereocenters. The Kier molecular flexibility index (Phi) is 4.27. The van der Waals surface area contributed by atoms with Gasteiger partial charge in [-0.3, -0.25) is 0 Å². The van der Waals surface area contributed by atoms with Crippen molar-refractivity contribution in [3.63, 3.8) is 0 Å². The molecule has 0 amide bonds. The summed E-state index contributed by atoms with van der Waals surface area (Å²) in [6.45, 7) is 2.16. The van der Waals surface area contributed by atoms with E-state index in [-0.39, 0.29) is 19.3 Å². The van der Waals surface area contributed by atoms with Crippen LogP contribution in [0.15, 0.2) is 47.0 Å². The monoisotopic (exact) mass is 352 g/mol. The van der Waals surface area contributed by atoms with E-state index >= 15 is 0 Å². The predicted molar refractivity (Wildman–Crippen MR) is 90.8 cm³/mol. The third-order valence-corrected chi connectivity index (χ3v) is 4.02. The molecule has 0 radical (unpaired) electrons. The van der Waals surface area contributed by atoms with Crippen molar-refractivity contribution >= 4 is 5.97 Å². The first-order valence-corrected chi connectivity index (χ1v) is 8.21. The number of carbonyl (C=O) groups is 1. The molecule has 0 bridgehead atoms. The molecule has 26 heavy (non-hydrogen) atoms. The molecule has 2 aromatic carbocycles. The molecule has 0 saturated heterocycles. The Hall–Kier alpha value is -3.35. The van der Waals surface area contributed by atoms with E-state index in [1.807, 2.05) is 18.2 Å². The molecule has 4 rings (SSSR count). The summed E-state index contributed by atoms with van der Waals surface area (Å²) in [5.74, 6) is 1.49. The number of rotatable bonds is 5. The molecule has 3 aromatic rings. The van der Waals surface area contributed by atoms with Crippen LogP contribution in [0.4, 0.5) is 0 Å². The second-order valence-electron chi connectivity index (χ2n) is 5.71. The van der Waals surface area contributed by atoms with Gasteiger partial charge in [0.25, 0.3) is 5.89 Å². The summed E-state index contributed by atoms with van der Waals surface area (Å²) < 4.78 is 21.0. The van der Waals surface area contributed by atoms with Crippen molar-refractivity contribution in [2.45, 2.75) is 20.0 Å². The van der Waals surface area contributed by atoms with Gasteiger partial charge in [-0.15, -0.1) is 0 Å².